The Hall–Kier alpha value is -1.40. The Bertz CT molecular complexity index is 431. The number of aliphatic carboxylic acids is 1. The SMILES string of the molecule is CCOC(C)O[C@H]1OC=C(C(=O)O)[C@H]2CC=C(CF)[C@H]12. The van der Waals surface area contributed by atoms with Crippen molar-refractivity contribution < 1.29 is 28.5 Å². The number of rotatable bonds is 6. The molecule has 1 aliphatic heterocycles. The fourth-order valence-electron chi connectivity index (χ4n) is 2.75. The fourth-order valence-corrected chi connectivity index (χ4v) is 2.75. The fraction of sp³-hybridized carbons (Fsp3) is 0.643. The summed E-state index contributed by atoms with van der Waals surface area (Å²) in [5, 5.41) is 9.17. The lowest BCUT2D eigenvalue weighted by Gasteiger charge is -2.35. The van der Waals surface area contributed by atoms with Crippen molar-refractivity contribution in [1.82, 2.24) is 0 Å². The first kappa shape index (κ1) is 15.0. The van der Waals surface area contributed by atoms with Crippen LogP contribution in [0.1, 0.15) is 20.3 Å². The van der Waals surface area contributed by atoms with Crippen molar-refractivity contribution >= 4 is 5.97 Å². The standard InChI is InChI=1S/C14H19FO5/c1-3-18-8(2)20-14-12-9(6-15)4-5-10(12)11(7-19-14)13(16)17/h4,7-8,10,12,14H,3,5-6H2,1-2H3,(H,16,17)/t8?,10-,12+,14-/m1/s1. The van der Waals surface area contributed by atoms with Gasteiger partial charge in [0.15, 0.2) is 6.29 Å². The summed E-state index contributed by atoms with van der Waals surface area (Å²) in [4.78, 5) is 11.2. The average molecular weight is 286 g/mol. The van der Waals surface area contributed by atoms with E-state index in [9.17, 15) is 9.18 Å². The molecule has 2 aliphatic rings. The van der Waals surface area contributed by atoms with Gasteiger partial charge < -0.3 is 19.3 Å². The maximum Gasteiger partial charge on any atom is 0.335 e. The number of alkyl halides is 1. The number of fused-ring (bicyclic) bond motifs is 1. The van der Waals surface area contributed by atoms with Crippen LogP contribution in [-0.2, 0) is 19.0 Å². The summed E-state index contributed by atoms with van der Waals surface area (Å²) in [7, 11) is 0. The molecule has 0 aromatic carbocycles. The Kier molecular flexibility index (Phi) is 4.77. The van der Waals surface area contributed by atoms with Gasteiger partial charge in [0.25, 0.3) is 0 Å². The Morgan fingerprint density at radius 1 is 1.65 bits per heavy atom. The molecule has 112 valence electrons. The van der Waals surface area contributed by atoms with E-state index < -0.39 is 31.1 Å². The van der Waals surface area contributed by atoms with Crippen LogP contribution in [0.25, 0.3) is 0 Å². The van der Waals surface area contributed by atoms with Crippen molar-refractivity contribution in [3.8, 4) is 0 Å². The number of halogens is 1. The number of hydrogen-bond donors (Lipinski definition) is 1. The Morgan fingerprint density at radius 3 is 3.00 bits per heavy atom. The summed E-state index contributed by atoms with van der Waals surface area (Å²) >= 11 is 0. The topological polar surface area (TPSA) is 65.0 Å². The second-order valence-corrected chi connectivity index (χ2v) is 4.82. The molecule has 2 rings (SSSR count). The summed E-state index contributed by atoms with van der Waals surface area (Å²) < 4.78 is 29.3. The van der Waals surface area contributed by atoms with E-state index in [1.54, 1.807) is 13.0 Å². The summed E-state index contributed by atoms with van der Waals surface area (Å²) in [5.41, 5.74) is 0.703. The molecule has 1 aliphatic carbocycles. The lowest BCUT2D eigenvalue weighted by Crippen LogP contribution is -2.39. The number of hydrogen-bond acceptors (Lipinski definition) is 4. The molecular formula is C14H19FO5. The van der Waals surface area contributed by atoms with Gasteiger partial charge in [-0.2, -0.15) is 0 Å². The van der Waals surface area contributed by atoms with Gasteiger partial charge in [0.05, 0.1) is 17.8 Å². The van der Waals surface area contributed by atoms with Crippen molar-refractivity contribution in [1.29, 1.82) is 0 Å². The predicted octanol–water partition coefficient (Wildman–Crippen LogP) is 2.24. The second kappa shape index (κ2) is 6.37. The van der Waals surface area contributed by atoms with Gasteiger partial charge >= 0.3 is 5.97 Å². The molecule has 0 saturated carbocycles. The Morgan fingerprint density at radius 2 is 2.40 bits per heavy atom. The molecule has 0 bridgehead atoms. The first-order chi connectivity index (χ1) is 9.58. The molecule has 1 unspecified atom stereocenters. The van der Waals surface area contributed by atoms with Crippen LogP contribution in [0.4, 0.5) is 4.39 Å². The van der Waals surface area contributed by atoms with Crippen molar-refractivity contribution in [2.45, 2.75) is 32.8 Å². The summed E-state index contributed by atoms with van der Waals surface area (Å²) in [5.74, 6) is -1.74. The molecule has 0 radical (unpaired) electrons. The highest BCUT2D eigenvalue weighted by Gasteiger charge is 2.45. The van der Waals surface area contributed by atoms with Gasteiger partial charge in [-0.1, -0.05) is 6.08 Å². The first-order valence-corrected chi connectivity index (χ1v) is 6.69. The third-order valence-electron chi connectivity index (χ3n) is 3.65. The molecule has 6 heteroatoms. The number of allylic oxidation sites excluding steroid dienone is 1. The maximum absolute atomic E-state index is 13.1. The first-order valence-electron chi connectivity index (χ1n) is 6.69. The van der Waals surface area contributed by atoms with Gasteiger partial charge in [-0.05, 0) is 25.8 Å². The van der Waals surface area contributed by atoms with E-state index in [1.165, 1.54) is 6.26 Å². The molecule has 0 fully saturated rings. The zero-order valence-electron chi connectivity index (χ0n) is 11.5. The highest BCUT2D eigenvalue weighted by Crippen LogP contribution is 2.43. The number of carboxylic acid groups (broad SMARTS) is 1. The third kappa shape index (κ3) is 2.86. The van der Waals surface area contributed by atoms with Crippen LogP contribution in [0, 0.1) is 11.8 Å². The molecule has 0 aromatic heterocycles. The smallest absolute Gasteiger partial charge is 0.335 e. The van der Waals surface area contributed by atoms with Crippen LogP contribution >= 0.6 is 0 Å². The van der Waals surface area contributed by atoms with Crippen LogP contribution in [0.15, 0.2) is 23.5 Å². The largest absolute Gasteiger partial charge is 0.478 e. The van der Waals surface area contributed by atoms with Crippen molar-refractivity contribution in [2.24, 2.45) is 11.8 Å². The van der Waals surface area contributed by atoms with E-state index in [1.807, 2.05) is 6.92 Å². The molecule has 20 heavy (non-hydrogen) atoms. The highest BCUT2D eigenvalue weighted by atomic mass is 19.1. The highest BCUT2D eigenvalue weighted by molar-refractivity contribution is 5.87. The number of carboxylic acids is 1. The molecular weight excluding hydrogens is 267 g/mol. The summed E-state index contributed by atoms with van der Waals surface area (Å²) in [6.45, 7) is 3.44. The van der Waals surface area contributed by atoms with Crippen LogP contribution < -0.4 is 0 Å². The van der Waals surface area contributed by atoms with E-state index in [-0.39, 0.29) is 11.5 Å². The molecule has 1 heterocycles. The lowest BCUT2D eigenvalue weighted by molar-refractivity contribution is -0.242. The second-order valence-electron chi connectivity index (χ2n) is 4.82. The maximum atomic E-state index is 13.1. The van der Waals surface area contributed by atoms with Crippen LogP contribution in [0.3, 0.4) is 0 Å². The molecule has 0 saturated heterocycles. The van der Waals surface area contributed by atoms with Crippen molar-refractivity contribution in [2.75, 3.05) is 13.3 Å². The van der Waals surface area contributed by atoms with Gasteiger partial charge in [-0.25, -0.2) is 9.18 Å². The zero-order valence-corrected chi connectivity index (χ0v) is 11.5. The monoisotopic (exact) mass is 286 g/mol. The van der Waals surface area contributed by atoms with Gasteiger partial charge in [0.1, 0.15) is 6.67 Å². The number of ether oxygens (including phenoxy) is 3. The lowest BCUT2D eigenvalue weighted by atomic mass is 9.83. The Labute approximate surface area is 117 Å². The van der Waals surface area contributed by atoms with E-state index in [0.717, 1.165) is 0 Å². The van der Waals surface area contributed by atoms with E-state index in [2.05, 4.69) is 0 Å². The van der Waals surface area contributed by atoms with E-state index >= 15 is 0 Å². The van der Waals surface area contributed by atoms with Gasteiger partial charge in [-0.15, -0.1) is 0 Å². The minimum atomic E-state index is -1.04. The van der Waals surface area contributed by atoms with Crippen molar-refractivity contribution in [3.63, 3.8) is 0 Å². The van der Waals surface area contributed by atoms with E-state index in [0.29, 0.717) is 18.6 Å². The van der Waals surface area contributed by atoms with Crippen molar-refractivity contribution in [3.05, 3.63) is 23.5 Å². The van der Waals surface area contributed by atoms with Crippen LogP contribution in [0.2, 0.25) is 0 Å². The Balaban J connectivity index is 2.17. The van der Waals surface area contributed by atoms with Gasteiger partial charge in [-0.3, -0.25) is 0 Å². The summed E-state index contributed by atoms with van der Waals surface area (Å²) in [6.07, 6.45) is 2.24. The number of carbonyl (C=O) groups is 1. The summed E-state index contributed by atoms with van der Waals surface area (Å²) in [6, 6.07) is 0. The molecule has 0 spiro atoms. The molecule has 0 aromatic rings. The zero-order chi connectivity index (χ0) is 14.7. The third-order valence-corrected chi connectivity index (χ3v) is 3.65. The average Bonchev–Trinajstić information content (AvgIpc) is 2.83. The van der Waals surface area contributed by atoms with Gasteiger partial charge in [0.2, 0.25) is 6.29 Å². The molecule has 1 N–H and O–H groups in total. The minimum Gasteiger partial charge on any atom is -0.478 e. The quantitative estimate of drug-likeness (QED) is 0.599. The van der Waals surface area contributed by atoms with Crippen LogP contribution in [0.5, 0.6) is 0 Å². The molecule has 0 amide bonds. The minimum absolute atomic E-state index is 0.165. The van der Waals surface area contributed by atoms with Gasteiger partial charge in [0, 0.05) is 12.5 Å². The predicted molar refractivity (Wildman–Crippen MR) is 68.4 cm³/mol. The normalized spacial score (nSPS) is 30.1. The molecule has 4 atom stereocenters. The van der Waals surface area contributed by atoms with Crippen LogP contribution in [-0.4, -0.2) is 36.9 Å². The molecule has 5 nitrogen and oxygen atoms in total. The van der Waals surface area contributed by atoms with E-state index in [4.69, 9.17) is 19.3 Å².